The van der Waals surface area contributed by atoms with Crippen LogP contribution in [0.15, 0.2) is 18.2 Å². The normalized spacial score (nSPS) is 9.47. The molecule has 5 nitrogen and oxygen atoms in total. The lowest BCUT2D eigenvalue weighted by molar-refractivity contribution is -0.143. The molecule has 0 aromatic heterocycles. The first-order valence-corrected chi connectivity index (χ1v) is 4.23. The molecule has 0 fully saturated rings. The van der Waals surface area contributed by atoms with Crippen molar-refractivity contribution in [3.63, 3.8) is 0 Å². The van der Waals surface area contributed by atoms with Gasteiger partial charge in [-0.3, -0.25) is 9.59 Å². The monoisotopic (exact) mass is 209 g/mol. The minimum Gasteiger partial charge on any atom is -0.496 e. The summed E-state index contributed by atoms with van der Waals surface area (Å²) in [5.74, 6) is 4.62. The summed E-state index contributed by atoms with van der Waals surface area (Å²) < 4.78 is 5.03. The van der Waals surface area contributed by atoms with Crippen LogP contribution in [0.4, 0.5) is 0 Å². The maximum absolute atomic E-state index is 10.9. The minimum atomic E-state index is -0.563. The molecule has 1 aromatic rings. The molecule has 0 heterocycles. The summed E-state index contributed by atoms with van der Waals surface area (Å²) in [4.78, 5) is 25.5. The molecule has 0 bridgehead atoms. The Kier molecular flexibility index (Phi) is 3.82. The van der Waals surface area contributed by atoms with Gasteiger partial charge in [0.25, 0.3) is 0 Å². The smallest absolute Gasteiger partial charge is 0.328 e. The molecule has 0 unspecified atom stereocenters. The number of ether oxygens (including phenoxy) is 1. The van der Waals surface area contributed by atoms with Crippen LogP contribution in [0.2, 0.25) is 0 Å². The average Bonchev–Trinajstić information content (AvgIpc) is 2.29. The van der Waals surface area contributed by atoms with Gasteiger partial charge in [-0.05, 0) is 6.07 Å². The highest BCUT2D eigenvalue weighted by Gasteiger charge is 2.09. The summed E-state index contributed by atoms with van der Waals surface area (Å²) in [5, 5.41) is 0. The Hall–Kier alpha value is -1.88. The van der Waals surface area contributed by atoms with Crippen LogP contribution in [0.3, 0.4) is 0 Å². The Morgan fingerprint density at radius 2 is 2.27 bits per heavy atom. The van der Waals surface area contributed by atoms with Crippen LogP contribution in [-0.2, 0) is 16.1 Å². The summed E-state index contributed by atoms with van der Waals surface area (Å²) in [6, 6.07) is 4.76. The number of benzene rings is 1. The number of hydrogen-bond donors (Lipinski definition) is 1. The van der Waals surface area contributed by atoms with Crippen molar-refractivity contribution >= 4 is 12.3 Å². The van der Waals surface area contributed by atoms with Crippen molar-refractivity contribution in [2.45, 2.75) is 6.42 Å². The van der Waals surface area contributed by atoms with E-state index in [1.807, 2.05) is 0 Å². The largest absolute Gasteiger partial charge is 0.496 e. The van der Waals surface area contributed by atoms with E-state index in [1.165, 1.54) is 7.11 Å². The molecule has 0 atom stereocenters. The lowest BCUT2D eigenvalue weighted by atomic mass is 10.1. The third-order valence-electron chi connectivity index (χ3n) is 1.91. The van der Waals surface area contributed by atoms with Gasteiger partial charge in [-0.1, -0.05) is 12.1 Å². The van der Waals surface area contributed by atoms with Gasteiger partial charge in [0.1, 0.15) is 12.0 Å². The van der Waals surface area contributed by atoms with Gasteiger partial charge < -0.3 is 9.57 Å². The van der Waals surface area contributed by atoms with E-state index < -0.39 is 5.97 Å². The Morgan fingerprint density at radius 1 is 1.53 bits per heavy atom. The Labute approximate surface area is 86.7 Å². The van der Waals surface area contributed by atoms with Crippen molar-refractivity contribution in [3.8, 4) is 5.75 Å². The number of carbonyl (C=O) groups is 2. The second-order valence-electron chi connectivity index (χ2n) is 2.86. The number of nitrogens with two attached hydrogens (primary N) is 1. The van der Waals surface area contributed by atoms with E-state index in [0.29, 0.717) is 23.2 Å². The topological polar surface area (TPSA) is 78.6 Å². The van der Waals surface area contributed by atoms with Crippen LogP contribution >= 0.6 is 0 Å². The van der Waals surface area contributed by atoms with Crippen molar-refractivity contribution < 1.29 is 19.2 Å². The second kappa shape index (κ2) is 5.11. The van der Waals surface area contributed by atoms with Gasteiger partial charge in [0.15, 0.2) is 0 Å². The van der Waals surface area contributed by atoms with E-state index in [-0.39, 0.29) is 6.42 Å². The summed E-state index contributed by atoms with van der Waals surface area (Å²) in [6.07, 6.45) is 0.715. The first-order chi connectivity index (χ1) is 7.21. The summed E-state index contributed by atoms with van der Waals surface area (Å²) in [7, 11) is 1.46. The standard InChI is InChI=1S/C10H11NO4/c1-14-9-4-7(6-12)2-3-8(9)5-10(13)15-11/h2-4,6H,5,11H2,1H3. The summed E-state index contributed by atoms with van der Waals surface area (Å²) >= 11 is 0. The Bertz CT molecular complexity index is 376. The SMILES string of the molecule is COc1cc(C=O)ccc1CC(=O)ON. The quantitative estimate of drug-likeness (QED) is 0.576. The first-order valence-electron chi connectivity index (χ1n) is 4.23. The Balaban J connectivity index is 2.97. The van der Waals surface area contributed by atoms with E-state index in [2.05, 4.69) is 4.84 Å². The van der Waals surface area contributed by atoms with Crippen LogP contribution in [-0.4, -0.2) is 19.4 Å². The van der Waals surface area contributed by atoms with Crippen molar-refractivity contribution in [2.75, 3.05) is 7.11 Å². The lowest BCUT2D eigenvalue weighted by Crippen LogP contribution is -2.13. The van der Waals surface area contributed by atoms with Crippen LogP contribution < -0.4 is 10.6 Å². The molecule has 0 aliphatic carbocycles. The molecule has 0 aliphatic heterocycles. The number of rotatable bonds is 4. The van der Waals surface area contributed by atoms with Crippen molar-refractivity contribution in [1.29, 1.82) is 0 Å². The minimum absolute atomic E-state index is 0.0127. The second-order valence-corrected chi connectivity index (χ2v) is 2.86. The van der Waals surface area contributed by atoms with E-state index >= 15 is 0 Å². The van der Waals surface area contributed by atoms with E-state index in [1.54, 1.807) is 18.2 Å². The van der Waals surface area contributed by atoms with Crippen LogP contribution in [0.25, 0.3) is 0 Å². The Morgan fingerprint density at radius 3 is 2.80 bits per heavy atom. The van der Waals surface area contributed by atoms with Crippen LogP contribution in [0, 0.1) is 0 Å². The zero-order valence-electron chi connectivity index (χ0n) is 8.23. The molecule has 0 radical (unpaired) electrons. The fourth-order valence-electron chi connectivity index (χ4n) is 1.18. The zero-order valence-corrected chi connectivity index (χ0v) is 8.23. The van der Waals surface area contributed by atoms with Gasteiger partial charge in [-0.15, -0.1) is 0 Å². The molecule has 2 N–H and O–H groups in total. The van der Waals surface area contributed by atoms with Gasteiger partial charge in [0.05, 0.1) is 13.5 Å². The molecule has 15 heavy (non-hydrogen) atoms. The van der Waals surface area contributed by atoms with E-state index in [0.717, 1.165) is 0 Å². The average molecular weight is 209 g/mol. The number of carbonyl (C=O) groups excluding carboxylic acids is 2. The van der Waals surface area contributed by atoms with Crippen LogP contribution in [0.1, 0.15) is 15.9 Å². The molecule has 0 spiro atoms. The third-order valence-corrected chi connectivity index (χ3v) is 1.91. The fourth-order valence-corrected chi connectivity index (χ4v) is 1.18. The van der Waals surface area contributed by atoms with E-state index in [9.17, 15) is 9.59 Å². The van der Waals surface area contributed by atoms with Gasteiger partial charge >= 0.3 is 5.97 Å². The first kappa shape index (κ1) is 11.2. The highest BCUT2D eigenvalue weighted by atomic mass is 16.7. The molecule has 80 valence electrons. The molecule has 5 heteroatoms. The highest BCUT2D eigenvalue weighted by molar-refractivity contribution is 5.78. The van der Waals surface area contributed by atoms with Crippen molar-refractivity contribution in [3.05, 3.63) is 29.3 Å². The molecule has 1 aromatic carbocycles. The molecular formula is C10H11NO4. The molecule has 0 saturated heterocycles. The summed E-state index contributed by atoms with van der Waals surface area (Å²) in [5.41, 5.74) is 1.11. The van der Waals surface area contributed by atoms with Gasteiger partial charge in [-0.2, -0.15) is 5.90 Å². The fraction of sp³-hybridized carbons (Fsp3) is 0.200. The van der Waals surface area contributed by atoms with Crippen molar-refractivity contribution in [2.24, 2.45) is 5.90 Å². The predicted octanol–water partition coefficient (Wildman–Crippen LogP) is 0.467. The maximum atomic E-state index is 10.9. The molecule has 0 saturated carbocycles. The number of methoxy groups -OCH3 is 1. The molecule has 1 rings (SSSR count). The molecule has 0 amide bonds. The number of aldehydes is 1. The zero-order chi connectivity index (χ0) is 11.3. The third kappa shape index (κ3) is 2.78. The van der Waals surface area contributed by atoms with Crippen molar-refractivity contribution in [1.82, 2.24) is 0 Å². The number of hydrogen-bond acceptors (Lipinski definition) is 5. The summed E-state index contributed by atoms with van der Waals surface area (Å²) in [6.45, 7) is 0. The molecule has 0 aliphatic rings. The van der Waals surface area contributed by atoms with Gasteiger partial charge in [0.2, 0.25) is 0 Å². The lowest BCUT2D eigenvalue weighted by Gasteiger charge is -2.07. The van der Waals surface area contributed by atoms with E-state index in [4.69, 9.17) is 10.6 Å². The molecular weight excluding hydrogens is 198 g/mol. The van der Waals surface area contributed by atoms with Gasteiger partial charge in [0, 0.05) is 11.1 Å². The van der Waals surface area contributed by atoms with Crippen LogP contribution in [0.5, 0.6) is 5.75 Å². The maximum Gasteiger partial charge on any atom is 0.328 e. The van der Waals surface area contributed by atoms with Gasteiger partial charge in [-0.25, -0.2) is 0 Å². The highest BCUT2D eigenvalue weighted by Crippen LogP contribution is 2.20. The predicted molar refractivity (Wildman–Crippen MR) is 52.4 cm³/mol.